The molecule has 1 aromatic carbocycles. The predicted octanol–water partition coefficient (Wildman–Crippen LogP) is 2.26. The number of benzene rings is 1. The van der Waals surface area contributed by atoms with Crippen molar-refractivity contribution in [1.82, 2.24) is 4.90 Å². The first kappa shape index (κ1) is 13.6. The first-order valence-corrected chi connectivity index (χ1v) is 6.67. The second-order valence-electron chi connectivity index (χ2n) is 5.06. The Labute approximate surface area is 113 Å². The van der Waals surface area contributed by atoms with E-state index in [-0.39, 0.29) is 24.3 Å². The molecule has 0 radical (unpaired) electrons. The minimum atomic E-state index is -0.836. The van der Waals surface area contributed by atoms with Crippen molar-refractivity contribution in [3.05, 3.63) is 35.9 Å². The minimum Gasteiger partial charge on any atom is -0.481 e. The summed E-state index contributed by atoms with van der Waals surface area (Å²) in [4.78, 5) is 25.0. The van der Waals surface area contributed by atoms with Gasteiger partial charge in [-0.3, -0.25) is 9.59 Å². The highest BCUT2D eigenvalue weighted by Crippen LogP contribution is 2.26. The van der Waals surface area contributed by atoms with Crippen LogP contribution in [-0.2, 0) is 9.59 Å². The highest BCUT2D eigenvalue weighted by molar-refractivity contribution is 5.84. The molecule has 4 heteroatoms. The average molecular weight is 261 g/mol. The highest BCUT2D eigenvalue weighted by atomic mass is 16.4. The molecular formula is C15H19NO3. The van der Waals surface area contributed by atoms with E-state index in [4.69, 9.17) is 5.11 Å². The molecule has 1 unspecified atom stereocenters. The zero-order chi connectivity index (χ0) is 13.8. The number of amides is 1. The summed E-state index contributed by atoms with van der Waals surface area (Å²) in [5.41, 5.74) is 0.980. The molecular weight excluding hydrogens is 242 g/mol. The van der Waals surface area contributed by atoms with Crippen molar-refractivity contribution in [2.24, 2.45) is 0 Å². The van der Waals surface area contributed by atoms with Gasteiger partial charge in [-0.1, -0.05) is 30.3 Å². The van der Waals surface area contributed by atoms with Crippen LogP contribution < -0.4 is 0 Å². The van der Waals surface area contributed by atoms with E-state index in [1.807, 2.05) is 37.3 Å². The fraction of sp³-hybridized carbons (Fsp3) is 0.467. The number of rotatable bonds is 4. The smallest absolute Gasteiger partial charge is 0.305 e. The topological polar surface area (TPSA) is 57.6 Å². The normalized spacial score (nSPS) is 20.3. The van der Waals surface area contributed by atoms with Crippen molar-refractivity contribution < 1.29 is 14.7 Å². The van der Waals surface area contributed by atoms with E-state index >= 15 is 0 Å². The number of aliphatic carboxylic acids is 1. The molecule has 0 bridgehead atoms. The Morgan fingerprint density at radius 2 is 2.05 bits per heavy atom. The molecule has 1 aromatic rings. The number of carbonyl (C=O) groups excluding carboxylic acids is 1. The van der Waals surface area contributed by atoms with Crippen LogP contribution in [0, 0.1) is 0 Å². The van der Waals surface area contributed by atoms with Gasteiger partial charge >= 0.3 is 5.97 Å². The summed E-state index contributed by atoms with van der Waals surface area (Å²) in [5, 5.41) is 8.89. The zero-order valence-corrected chi connectivity index (χ0v) is 11.1. The van der Waals surface area contributed by atoms with E-state index in [9.17, 15) is 9.59 Å². The van der Waals surface area contributed by atoms with E-state index in [0.29, 0.717) is 6.54 Å². The van der Waals surface area contributed by atoms with Gasteiger partial charge in [0.2, 0.25) is 5.91 Å². The lowest BCUT2D eigenvalue weighted by Gasteiger charge is -2.26. The molecule has 1 aliphatic rings. The Kier molecular flexibility index (Phi) is 4.20. The van der Waals surface area contributed by atoms with Crippen LogP contribution >= 0.6 is 0 Å². The van der Waals surface area contributed by atoms with E-state index in [0.717, 1.165) is 18.4 Å². The second-order valence-corrected chi connectivity index (χ2v) is 5.06. The van der Waals surface area contributed by atoms with Crippen molar-refractivity contribution in [3.8, 4) is 0 Å². The van der Waals surface area contributed by atoms with Gasteiger partial charge in [-0.05, 0) is 25.3 Å². The fourth-order valence-electron chi connectivity index (χ4n) is 2.67. The van der Waals surface area contributed by atoms with Crippen LogP contribution in [0.5, 0.6) is 0 Å². The number of likely N-dealkylation sites (tertiary alicyclic amines) is 1. The Balaban J connectivity index is 2.08. The Morgan fingerprint density at radius 1 is 1.37 bits per heavy atom. The maximum atomic E-state index is 12.5. The summed E-state index contributed by atoms with van der Waals surface area (Å²) in [6, 6.07) is 9.48. The van der Waals surface area contributed by atoms with Crippen molar-refractivity contribution >= 4 is 11.9 Å². The van der Waals surface area contributed by atoms with E-state index in [2.05, 4.69) is 0 Å². The summed E-state index contributed by atoms with van der Waals surface area (Å²) in [7, 11) is 0. The second kappa shape index (κ2) is 5.87. The van der Waals surface area contributed by atoms with Gasteiger partial charge in [-0.25, -0.2) is 0 Å². The lowest BCUT2D eigenvalue weighted by molar-refractivity contribution is -0.140. The van der Waals surface area contributed by atoms with Gasteiger partial charge in [0.15, 0.2) is 0 Å². The van der Waals surface area contributed by atoms with E-state index < -0.39 is 5.97 Å². The third-order valence-electron chi connectivity index (χ3n) is 3.74. The molecule has 2 rings (SSSR count). The molecule has 1 saturated heterocycles. The Morgan fingerprint density at radius 3 is 2.68 bits per heavy atom. The number of nitrogens with zero attached hydrogens (tertiary/aromatic N) is 1. The highest BCUT2D eigenvalue weighted by Gasteiger charge is 2.32. The molecule has 19 heavy (non-hydrogen) atoms. The fourth-order valence-corrected chi connectivity index (χ4v) is 2.67. The first-order chi connectivity index (χ1) is 9.09. The van der Waals surface area contributed by atoms with Crippen LogP contribution in [0.2, 0.25) is 0 Å². The van der Waals surface area contributed by atoms with Crippen molar-refractivity contribution in [2.45, 2.75) is 38.1 Å². The van der Waals surface area contributed by atoms with Gasteiger partial charge in [0.25, 0.3) is 0 Å². The third kappa shape index (κ3) is 3.13. The van der Waals surface area contributed by atoms with Gasteiger partial charge in [0, 0.05) is 12.6 Å². The van der Waals surface area contributed by atoms with Crippen LogP contribution in [-0.4, -0.2) is 34.5 Å². The standard InChI is InChI=1S/C15H19NO3/c1-11(12-6-3-2-4-7-12)15(19)16-9-5-8-13(16)10-14(17)18/h2-4,6-7,11,13H,5,8-10H2,1H3,(H,17,18)/t11-,13?/m0/s1. The number of carboxylic acids is 1. The predicted molar refractivity (Wildman–Crippen MR) is 71.8 cm³/mol. The van der Waals surface area contributed by atoms with Gasteiger partial charge in [0.05, 0.1) is 12.3 Å². The Bertz CT molecular complexity index is 458. The van der Waals surface area contributed by atoms with Crippen LogP contribution in [0.25, 0.3) is 0 Å². The molecule has 4 nitrogen and oxygen atoms in total. The number of hydrogen-bond donors (Lipinski definition) is 1. The molecule has 102 valence electrons. The van der Waals surface area contributed by atoms with Crippen molar-refractivity contribution in [2.75, 3.05) is 6.54 Å². The molecule has 2 atom stereocenters. The maximum Gasteiger partial charge on any atom is 0.305 e. The maximum absolute atomic E-state index is 12.5. The van der Waals surface area contributed by atoms with Crippen molar-refractivity contribution in [3.63, 3.8) is 0 Å². The van der Waals surface area contributed by atoms with Crippen LogP contribution in [0.1, 0.15) is 37.7 Å². The van der Waals surface area contributed by atoms with Gasteiger partial charge in [0.1, 0.15) is 0 Å². The average Bonchev–Trinajstić information content (AvgIpc) is 2.85. The zero-order valence-electron chi connectivity index (χ0n) is 11.1. The van der Waals surface area contributed by atoms with Crippen LogP contribution in [0.15, 0.2) is 30.3 Å². The first-order valence-electron chi connectivity index (χ1n) is 6.67. The third-order valence-corrected chi connectivity index (χ3v) is 3.74. The molecule has 0 saturated carbocycles. The quantitative estimate of drug-likeness (QED) is 0.904. The molecule has 1 fully saturated rings. The minimum absolute atomic E-state index is 0.0370. The SMILES string of the molecule is C[C@H](C(=O)N1CCCC1CC(=O)O)c1ccccc1. The monoisotopic (exact) mass is 261 g/mol. The van der Waals surface area contributed by atoms with Crippen LogP contribution in [0.3, 0.4) is 0 Å². The molecule has 1 heterocycles. The molecule has 1 N–H and O–H groups in total. The molecule has 0 spiro atoms. The molecule has 1 aliphatic heterocycles. The summed E-state index contributed by atoms with van der Waals surface area (Å²) in [6.07, 6.45) is 1.73. The molecule has 0 aliphatic carbocycles. The summed E-state index contributed by atoms with van der Waals surface area (Å²) in [6.45, 7) is 2.56. The largest absolute Gasteiger partial charge is 0.481 e. The van der Waals surface area contributed by atoms with E-state index in [1.165, 1.54) is 0 Å². The number of hydrogen-bond acceptors (Lipinski definition) is 2. The van der Waals surface area contributed by atoms with Crippen molar-refractivity contribution in [1.29, 1.82) is 0 Å². The summed E-state index contributed by atoms with van der Waals surface area (Å²) >= 11 is 0. The summed E-state index contributed by atoms with van der Waals surface area (Å²) in [5.74, 6) is -1.01. The van der Waals surface area contributed by atoms with Crippen LogP contribution in [0.4, 0.5) is 0 Å². The summed E-state index contributed by atoms with van der Waals surface area (Å²) < 4.78 is 0. The van der Waals surface area contributed by atoms with Gasteiger partial charge in [-0.15, -0.1) is 0 Å². The number of carboxylic acid groups (broad SMARTS) is 1. The molecule has 1 amide bonds. The van der Waals surface area contributed by atoms with Gasteiger partial charge < -0.3 is 10.0 Å². The lowest BCUT2D eigenvalue weighted by Crippen LogP contribution is -2.39. The Hall–Kier alpha value is -1.84. The molecule has 0 aromatic heterocycles. The lowest BCUT2D eigenvalue weighted by atomic mass is 9.99. The van der Waals surface area contributed by atoms with Gasteiger partial charge in [-0.2, -0.15) is 0 Å². The number of carbonyl (C=O) groups is 2. The van der Waals surface area contributed by atoms with E-state index in [1.54, 1.807) is 4.90 Å².